The summed E-state index contributed by atoms with van der Waals surface area (Å²) < 4.78 is 5.19. The summed E-state index contributed by atoms with van der Waals surface area (Å²) >= 11 is 0. The molecule has 1 aliphatic carbocycles. The van der Waals surface area contributed by atoms with Crippen molar-refractivity contribution in [3.05, 3.63) is 0 Å². The first kappa shape index (κ1) is 17.2. The van der Waals surface area contributed by atoms with Crippen molar-refractivity contribution in [2.24, 2.45) is 11.7 Å². The number of carbonyl (C=O) groups excluding carboxylic acids is 2. The third-order valence-corrected chi connectivity index (χ3v) is 3.72. The van der Waals surface area contributed by atoms with Crippen LogP contribution in [0.15, 0.2) is 0 Å². The van der Waals surface area contributed by atoms with E-state index in [2.05, 4.69) is 5.32 Å². The van der Waals surface area contributed by atoms with Gasteiger partial charge in [-0.1, -0.05) is 0 Å². The molecule has 0 bridgehead atoms. The SMILES string of the molecule is Cl.NCC(NC(=O)CCC(=O)N1CCOCC1)C1CC1. The Kier molecular flexibility index (Phi) is 7.26. The van der Waals surface area contributed by atoms with Crippen LogP contribution in [0.2, 0.25) is 0 Å². The molecule has 2 rings (SSSR count). The molecule has 0 aromatic rings. The Bertz CT molecular complexity index is 331. The molecule has 0 aromatic carbocycles. The third kappa shape index (κ3) is 5.26. The van der Waals surface area contributed by atoms with Gasteiger partial charge in [-0.2, -0.15) is 0 Å². The van der Waals surface area contributed by atoms with Gasteiger partial charge in [0.15, 0.2) is 0 Å². The summed E-state index contributed by atoms with van der Waals surface area (Å²) in [6.45, 7) is 2.93. The highest BCUT2D eigenvalue weighted by Gasteiger charge is 2.31. The summed E-state index contributed by atoms with van der Waals surface area (Å²) in [7, 11) is 0. The van der Waals surface area contributed by atoms with Gasteiger partial charge in [0.1, 0.15) is 0 Å². The monoisotopic (exact) mass is 305 g/mol. The number of carbonyl (C=O) groups is 2. The van der Waals surface area contributed by atoms with Crippen LogP contribution < -0.4 is 11.1 Å². The highest BCUT2D eigenvalue weighted by molar-refractivity contribution is 5.85. The lowest BCUT2D eigenvalue weighted by Crippen LogP contribution is -2.43. The quantitative estimate of drug-likeness (QED) is 0.718. The molecule has 0 spiro atoms. The first-order valence-corrected chi connectivity index (χ1v) is 7.05. The van der Waals surface area contributed by atoms with E-state index >= 15 is 0 Å². The molecule has 116 valence electrons. The summed E-state index contributed by atoms with van der Waals surface area (Å²) in [6, 6.07) is 0.0889. The van der Waals surface area contributed by atoms with Gasteiger partial charge in [0, 0.05) is 38.5 Å². The van der Waals surface area contributed by atoms with Crippen LogP contribution in [0.4, 0.5) is 0 Å². The molecule has 1 saturated carbocycles. The van der Waals surface area contributed by atoms with Crippen molar-refractivity contribution in [2.45, 2.75) is 31.7 Å². The van der Waals surface area contributed by atoms with Crippen LogP contribution >= 0.6 is 12.4 Å². The fourth-order valence-electron chi connectivity index (χ4n) is 2.34. The Labute approximate surface area is 125 Å². The highest BCUT2D eigenvalue weighted by atomic mass is 35.5. The summed E-state index contributed by atoms with van der Waals surface area (Å²) in [5, 5.41) is 2.93. The predicted molar refractivity (Wildman–Crippen MR) is 77.6 cm³/mol. The topological polar surface area (TPSA) is 84.7 Å². The van der Waals surface area contributed by atoms with Gasteiger partial charge in [-0.3, -0.25) is 9.59 Å². The zero-order valence-corrected chi connectivity index (χ0v) is 12.5. The standard InChI is InChI=1S/C13H23N3O3.ClH/c14-9-11(10-1-2-10)15-12(17)3-4-13(18)16-5-7-19-8-6-16;/h10-11H,1-9,14H2,(H,15,17);1H. The molecule has 3 N–H and O–H groups in total. The average molecular weight is 306 g/mol. The van der Waals surface area contributed by atoms with Gasteiger partial charge in [0.05, 0.1) is 13.2 Å². The minimum Gasteiger partial charge on any atom is -0.378 e. The second-order valence-electron chi connectivity index (χ2n) is 5.24. The molecule has 0 radical (unpaired) electrons. The van der Waals surface area contributed by atoms with Crippen molar-refractivity contribution in [3.63, 3.8) is 0 Å². The second kappa shape index (κ2) is 8.44. The van der Waals surface area contributed by atoms with Crippen LogP contribution in [0.5, 0.6) is 0 Å². The molecular formula is C13H24ClN3O3. The molecular weight excluding hydrogens is 282 g/mol. The van der Waals surface area contributed by atoms with Crippen molar-refractivity contribution in [2.75, 3.05) is 32.8 Å². The summed E-state index contributed by atoms with van der Waals surface area (Å²) in [5.74, 6) is 0.516. The fourth-order valence-corrected chi connectivity index (χ4v) is 2.34. The van der Waals surface area contributed by atoms with E-state index in [1.54, 1.807) is 4.90 Å². The summed E-state index contributed by atoms with van der Waals surface area (Å²) in [5.41, 5.74) is 5.63. The number of halogens is 1. The van der Waals surface area contributed by atoms with Crippen molar-refractivity contribution in [3.8, 4) is 0 Å². The number of nitrogens with zero attached hydrogens (tertiary/aromatic N) is 1. The second-order valence-corrected chi connectivity index (χ2v) is 5.24. The molecule has 6 nitrogen and oxygen atoms in total. The van der Waals surface area contributed by atoms with E-state index in [-0.39, 0.29) is 43.1 Å². The number of ether oxygens (including phenoxy) is 1. The maximum absolute atomic E-state index is 11.9. The van der Waals surface area contributed by atoms with E-state index in [9.17, 15) is 9.59 Å². The highest BCUT2D eigenvalue weighted by Crippen LogP contribution is 2.32. The average Bonchev–Trinajstić information content (AvgIpc) is 3.27. The van der Waals surface area contributed by atoms with Crippen LogP contribution in [-0.4, -0.2) is 55.6 Å². The molecule has 2 fully saturated rings. The van der Waals surface area contributed by atoms with Crippen LogP contribution in [0.1, 0.15) is 25.7 Å². The largest absolute Gasteiger partial charge is 0.378 e. The van der Waals surface area contributed by atoms with Crippen LogP contribution in [0.25, 0.3) is 0 Å². The van der Waals surface area contributed by atoms with Crippen LogP contribution in [-0.2, 0) is 14.3 Å². The lowest BCUT2D eigenvalue weighted by molar-refractivity contribution is -0.137. The summed E-state index contributed by atoms with van der Waals surface area (Å²) in [6.07, 6.45) is 2.82. The van der Waals surface area contributed by atoms with E-state index in [1.165, 1.54) is 0 Å². The van der Waals surface area contributed by atoms with Crippen molar-refractivity contribution in [1.29, 1.82) is 0 Å². The molecule has 1 atom stereocenters. The third-order valence-electron chi connectivity index (χ3n) is 3.72. The predicted octanol–water partition coefficient (Wildman–Crippen LogP) is -0.0993. The first-order chi connectivity index (χ1) is 9.20. The smallest absolute Gasteiger partial charge is 0.223 e. The maximum atomic E-state index is 11.9. The van der Waals surface area contributed by atoms with E-state index < -0.39 is 0 Å². The van der Waals surface area contributed by atoms with Crippen molar-refractivity contribution >= 4 is 24.2 Å². The summed E-state index contributed by atoms with van der Waals surface area (Å²) in [4.78, 5) is 25.4. The molecule has 1 aliphatic heterocycles. The van der Waals surface area contributed by atoms with E-state index in [4.69, 9.17) is 10.5 Å². The fraction of sp³-hybridized carbons (Fsp3) is 0.846. The number of nitrogens with two attached hydrogens (primary N) is 1. The zero-order valence-electron chi connectivity index (χ0n) is 11.7. The Morgan fingerprint density at radius 3 is 2.45 bits per heavy atom. The Balaban J connectivity index is 0.00000200. The Morgan fingerprint density at radius 1 is 1.25 bits per heavy atom. The number of hydrogen-bond donors (Lipinski definition) is 2. The van der Waals surface area contributed by atoms with Gasteiger partial charge in [-0.25, -0.2) is 0 Å². The van der Waals surface area contributed by atoms with Crippen molar-refractivity contribution < 1.29 is 14.3 Å². The normalized spacial score (nSPS) is 19.9. The molecule has 1 saturated heterocycles. The molecule has 20 heavy (non-hydrogen) atoms. The van der Waals surface area contributed by atoms with Crippen molar-refractivity contribution in [1.82, 2.24) is 10.2 Å². The number of nitrogens with one attached hydrogen (secondary N) is 1. The minimum atomic E-state index is -0.0658. The van der Waals surface area contributed by atoms with Gasteiger partial charge in [-0.15, -0.1) is 12.4 Å². The molecule has 1 heterocycles. The van der Waals surface area contributed by atoms with Crippen LogP contribution in [0.3, 0.4) is 0 Å². The first-order valence-electron chi connectivity index (χ1n) is 7.05. The molecule has 0 aromatic heterocycles. The molecule has 1 unspecified atom stereocenters. The minimum absolute atomic E-state index is 0. The van der Waals surface area contributed by atoms with Crippen LogP contribution in [0, 0.1) is 5.92 Å². The Hall–Kier alpha value is -0.850. The molecule has 2 amide bonds. The van der Waals surface area contributed by atoms with Gasteiger partial charge in [0.25, 0.3) is 0 Å². The molecule has 7 heteroatoms. The van der Waals surface area contributed by atoms with Gasteiger partial charge >= 0.3 is 0 Å². The van der Waals surface area contributed by atoms with E-state index in [0.29, 0.717) is 38.8 Å². The van der Waals surface area contributed by atoms with E-state index in [0.717, 1.165) is 12.8 Å². The number of rotatable bonds is 6. The number of hydrogen-bond acceptors (Lipinski definition) is 4. The maximum Gasteiger partial charge on any atom is 0.223 e. The van der Waals surface area contributed by atoms with Gasteiger partial charge in [-0.05, 0) is 18.8 Å². The lowest BCUT2D eigenvalue weighted by Gasteiger charge is -2.26. The number of morpholine rings is 1. The van der Waals surface area contributed by atoms with Gasteiger partial charge < -0.3 is 20.7 Å². The Morgan fingerprint density at radius 2 is 1.90 bits per heavy atom. The van der Waals surface area contributed by atoms with Gasteiger partial charge in [0.2, 0.25) is 11.8 Å². The number of amides is 2. The van der Waals surface area contributed by atoms with E-state index in [1.807, 2.05) is 0 Å². The molecule has 2 aliphatic rings. The lowest BCUT2D eigenvalue weighted by atomic mass is 10.1. The zero-order chi connectivity index (χ0) is 13.7.